The first-order chi connectivity index (χ1) is 27.8. The number of carbonyl (C=O) groups excluding carboxylic acids is 3. The van der Waals surface area contributed by atoms with Gasteiger partial charge in [0.05, 0.1) is 29.8 Å². The second-order valence-corrected chi connectivity index (χ2v) is 21.8. The Labute approximate surface area is 359 Å². The van der Waals surface area contributed by atoms with Gasteiger partial charge < -0.3 is 39.0 Å². The lowest BCUT2D eigenvalue weighted by Gasteiger charge is -2.72. The summed E-state index contributed by atoms with van der Waals surface area (Å²) >= 11 is 0. The SMILES string of the molecule is C/C=C(/C)C(=O)O[C@@H]1C(O)[C@H](O[C@H]2[C@H](O)[C@@]3(COC(C)=O)C(CC2(C)C)C2=CCC4[C@@]5(C)CC[C@H](C)C(C)(C)C5CC[C@@]4(C)[C@]2(C)C[C@H]3O)OC(C)[C@@H]1OC(=O)/C(C)=C\C. The van der Waals surface area contributed by atoms with Crippen molar-refractivity contribution < 1.29 is 53.4 Å². The van der Waals surface area contributed by atoms with E-state index in [2.05, 4.69) is 47.6 Å². The first-order valence-corrected chi connectivity index (χ1v) is 22.6. The number of esters is 3. The maximum atomic E-state index is 13.2. The molecule has 0 bridgehead atoms. The Morgan fingerprint density at radius 1 is 0.833 bits per heavy atom. The molecule has 4 saturated carbocycles. The number of rotatable bonds is 8. The number of allylic oxidation sites excluding steroid dienone is 4. The van der Waals surface area contributed by atoms with E-state index in [-0.39, 0.29) is 34.2 Å². The summed E-state index contributed by atoms with van der Waals surface area (Å²) in [6.45, 7) is 28.1. The van der Waals surface area contributed by atoms with E-state index in [9.17, 15) is 29.7 Å². The minimum Gasteiger partial charge on any atom is -0.465 e. The van der Waals surface area contributed by atoms with Crippen LogP contribution < -0.4 is 0 Å². The van der Waals surface area contributed by atoms with Crippen molar-refractivity contribution in [3.63, 3.8) is 0 Å². The second-order valence-electron chi connectivity index (χ2n) is 21.8. The van der Waals surface area contributed by atoms with Gasteiger partial charge in [0.1, 0.15) is 12.7 Å². The van der Waals surface area contributed by atoms with Crippen LogP contribution in [0, 0.1) is 56.2 Å². The van der Waals surface area contributed by atoms with Gasteiger partial charge in [-0.15, -0.1) is 0 Å². The highest BCUT2D eigenvalue weighted by atomic mass is 16.7. The third-order valence-electron chi connectivity index (χ3n) is 18.2. The molecule has 11 heteroatoms. The molecule has 60 heavy (non-hydrogen) atoms. The summed E-state index contributed by atoms with van der Waals surface area (Å²) < 4.78 is 30.4. The highest BCUT2D eigenvalue weighted by molar-refractivity contribution is 5.88. The van der Waals surface area contributed by atoms with Crippen molar-refractivity contribution >= 4 is 17.9 Å². The molecule has 5 aliphatic carbocycles. The predicted octanol–water partition coefficient (Wildman–Crippen LogP) is 7.79. The molecule has 3 N–H and O–H groups in total. The summed E-state index contributed by atoms with van der Waals surface area (Å²) in [6.07, 6.45) is 1.97. The minimum absolute atomic E-state index is 0.116. The number of aliphatic hydroxyl groups excluding tert-OH is 3. The second kappa shape index (κ2) is 16.2. The first kappa shape index (κ1) is 46.9. The Kier molecular flexibility index (Phi) is 12.7. The third kappa shape index (κ3) is 7.16. The Bertz CT molecular complexity index is 1780. The van der Waals surface area contributed by atoms with Crippen molar-refractivity contribution in [3.8, 4) is 0 Å². The molecule has 0 aromatic heterocycles. The van der Waals surface area contributed by atoms with Gasteiger partial charge in [0.2, 0.25) is 0 Å². The monoisotopic (exact) mass is 841 g/mol. The van der Waals surface area contributed by atoms with E-state index in [1.54, 1.807) is 46.8 Å². The summed E-state index contributed by atoms with van der Waals surface area (Å²) in [7, 11) is 0. The number of fused-ring (bicyclic) bond motifs is 7. The molecule has 1 heterocycles. The maximum Gasteiger partial charge on any atom is 0.333 e. The van der Waals surface area contributed by atoms with E-state index in [4.69, 9.17) is 23.7 Å². The van der Waals surface area contributed by atoms with Crippen molar-refractivity contribution in [2.45, 2.75) is 191 Å². The number of carbonyl (C=O) groups is 3. The average Bonchev–Trinajstić information content (AvgIpc) is 3.17. The van der Waals surface area contributed by atoms with Crippen LogP contribution in [0.2, 0.25) is 0 Å². The van der Waals surface area contributed by atoms with Crippen LogP contribution in [0.3, 0.4) is 0 Å². The molecule has 338 valence electrons. The van der Waals surface area contributed by atoms with Crippen molar-refractivity contribution in [1.29, 1.82) is 0 Å². The number of hydrogen-bond donors (Lipinski definition) is 3. The fourth-order valence-electron chi connectivity index (χ4n) is 13.7. The molecule has 16 atom stereocenters. The van der Waals surface area contributed by atoms with Gasteiger partial charge in [-0.25, -0.2) is 9.59 Å². The lowest BCUT2D eigenvalue weighted by molar-refractivity contribution is -0.342. The quantitative estimate of drug-likeness (QED) is 0.0721. The van der Waals surface area contributed by atoms with E-state index >= 15 is 0 Å². The molecule has 0 spiro atoms. The third-order valence-corrected chi connectivity index (χ3v) is 18.2. The Hall–Kier alpha value is -2.57. The standard InChI is InChI=1S/C49H76O11/c1-15-26(3)41(54)58-37-29(6)57-43(36(52)38(37)59-42(55)27(4)16-2)60-40-39(53)49(25-56-30(7)50)32(23-44(40,8)9)31-17-18-34-46(12)21-19-28(5)45(10,11)33(46)20-22-47(34,13)48(31,14)24-35(49)51/h15-17,28-29,32-40,43,51-53H,18-25H2,1-14H3/b26-15-,27-16-/t28-,29?,32?,33?,34?,35+,36?,37-,38+,39-,40-,43-,46-,47+,48+,49-/m0/s1. The molecule has 0 aromatic rings. The zero-order valence-electron chi connectivity index (χ0n) is 38.9. The number of aliphatic hydroxyl groups is 3. The first-order valence-electron chi connectivity index (χ1n) is 22.6. The van der Waals surface area contributed by atoms with Gasteiger partial charge in [0.15, 0.2) is 18.5 Å². The van der Waals surface area contributed by atoms with Crippen LogP contribution in [-0.4, -0.2) is 88.9 Å². The molecule has 5 fully saturated rings. The average molecular weight is 841 g/mol. The topological polar surface area (TPSA) is 158 Å². The zero-order chi connectivity index (χ0) is 44.7. The lowest BCUT2D eigenvalue weighted by Crippen LogP contribution is -2.72. The van der Waals surface area contributed by atoms with Crippen molar-refractivity contribution in [2.24, 2.45) is 56.2 Å². The highest BCUT2D eigenvalue weighted by Gasteiger charge is 2.73. The maximum absolute atomic E-state index is 13.2. The van der Waals surface area contributed by atoms with E-state index in [1.807, 2.05) is 13.8 Å². The Morgan fingerprint density at radius 2 is 1.43 bits per heavy atom. The molecule has 0 amide bonds. The molecule has 11 nitrogen and oxygen atoms in total. The molecule has 1 aliphatic heterocycles. The smallest absolute Gasteiger partial charge is 0.333 e. The Morgan fingerprint density at radius 3 is 2.02 bits per heavy atom. The molecule has 1 saturated heterocycles. The number of ether oxygens (including phenoxy) is 5. The van der Waals surface area contributed by atoms with Crippen LogP contribution in [0.5, 0.6) is 0 Å². The zero-order valence-corrected chi connectivity index (χ0v) is 38.9. The van der Waals surface area contributed by atoms with Gasteiger partial charge >= 0.3 is 17.9 Å². The van der Waals surface area contributed by atoms with Crippen LogP contribution in [0.4, 0.5) is 0 Å². The van der Waals surface area contributed by atoms with Gasteiger partial charge in [-0.2, -0.15) is 0 Å². The molecule has 5 unspecified atom stereocenters. The summed E-state index contributed by atoms with van der Waals surface area (Å²) in [6, 6.07) is 0. The molecule has 6 rings (SSSR count). The molecule has 0 aromatic carbocycles. The van der Waals surface area contributed by atoms with Gasteiger partial charge in [0.25, 0.3) is 0 Å². The van der Waals surface area contributed by atoms with Crippen LogP contribution in [0.1, 0.15) is 142 Å². The van der Waals surface area contributed by atoms with E-state index in [0.717, 1.165) is 19.3 Å². The van der Waals surface area contributed by atoms with Crippen molar-refractivity contribution in [3.05, 3.63) is 34.9 Å². The van der Waals surface area contributed by atoms with E-state index in [0.29, 0.717) is 41.7 Å². The summed E-state index contributed by atoms with van der Waals surface area (Å²) in [5, 5.41) is 37.7. The van der Waals surface area contributed by atoms with Gasteiger partial charge in [0, 0.05) is 18.1 Å². The minimum atomic E-state index is -1.63. The highest BCUT2D eigenvalue weighted by Crippen LogP contribution is 2.76. The largest absolute Gasteiger partial charge is 0.465 e. The fraction of sp³-hybridized carbons (Fsp3) is 0.816. The molecule has 0 radical (unpaired) electrons. The van der Waals surface area contributed by atoms with Crippen LogP contribution >= 0.6 is 0 Å². The predicted molar refractivity (Wildman–Crippen MR) is 227 cm³/mol. The van der Waals surface area contributed by atoms with Crippen LogP contribution in [0.25, 0.3) is 0 Å². The van der Waals surface area contributed by atoms with Crippen molar-refractivity contribution in [2.75, 3.05) is 6.61 Å². The van der Waals surface area contributed by atoms with E-state index in [1.165, 1.54) is 25.3 Å². The lowest BCUT2D eigenvalue weighted by atomic mass is 9.32. The van der Waals surface area contributed by atoms with Crippen LogP contribution in [0.15, 0.2) is 34.9 Å². The summed E-state index contributed by atoms with van der Waals surface area (Å²) in [5.41, 5.74) is -0.374. The molecular weight excluding hydrogens is 765 g/mol. The normalized spacial score (nSPS) is 46.0. The number of hydrogen-bond acceptors (Lipinski definition) is 11. The molecule has 6 aliphatic rings. The Balaban J connectivity index is 1.37. The van der Waals surface area contributed by atoms with Gasteiger partial charge in [-0.05, 0) is 130 Å². The fourth-order valence-corrected chi connectivity index (χ4v) is 13.7. The van der Waals surface area contributed by atoms with Gasteiger partial charge in [-0.3, -0.25) is 4.79 Å². The van der Waals surface area contributed by atoms with Gasteiger partial charge in [-0.1, -0.05) is 79.2 Å². The molecular formula is C49H76O11. The van der Waals surface area contributed by atoms with E-state index < -0.39 is 77.8 Å². The van der Waals surface area contributed by atoms with Crippen LogP contribution in [-0.2, 0) is 38.1 Å². The van der Waals surface area contributed by atoms with Crippen molar-refractivity contribution in [1.82, 2.24) is 0 Å². The summed E-state index contributed by atoms with van der Waals surface area (Å²) in [5.74, 6) is -0.537. The summed E-state index contributed by atoms with van der Waals surface area (Å²) in [4.78, 5) is 38.7.